The molecule has 0 atom stereocenters. The number of aliphatic carboxylic acids is 1. The van der Waals surface area contributed by atoms with Crippen molar-refractivity contribution in [1.29, 1.82) is 0 Å². The molecular formula is C32H43N3O9S. The molecule has 2 aliphatic heterocycles. The Balaban J connectivity index is 1.98. The number of allylic oxidation sites excluding steroid dienone is 4. The molecule has 0 unspecified atom stereocenters. The first kappa shape index (κ1) is 35.5. The third-order valence-corrected chi connectivity index (χ3v) is 8.39. The molecule has 45 heavy (non-hydrogen) atoms. The summed E-state index contributed by atoms with van der Waals surface area (Å²) >= 11 is 0. The summed E-state index contributed by atoms with van der Waals surface area (Å²) < 4.78 is 37.8. The second-order valence-corrected chi connectivity index (χ2v) is 13.5. The van der Waals surface area contributed by atoms with Crippen LogP contribution in [0.25, 0.3) is 5.57 Å². The van der Waals surface area contributed by atoms with E-state index < -0.39 is 39.7 Å². The van der Waals surface area contributed by atoms with E-state index in [0.29, 0.717) is 30.8 Å². The molecule has 12 nitrogen and oxygen atoms in total. The van der Waals surface area contributed by atoms with E-state index in [1.165, 1.54) is 12.2 Å². The van der Waals surface area contributed by atoms with Gasteiger partial charge >= 0.3 is 12.0 Å². The van der Waals surface area contributed by atoms with Gasteiger partial charge in [-0.25, -0.2) is 4.79 Å². The van der Waals surface area contributed by atoms with Gasteiger partial charge in [0.05, 0.1) is 5.75 Å². The molecule has 13 heteroatoms. The first-order chi connectivity index (χ1) is 21.1. The SMILES string of the molecule is CCN(CC)c1ccc2c(c1)O/C(=C\C=C1C(=O)N(CCCCCC(=O)O)C(=O)N(CCCS(=O)(=O)O)C1=O)C=C2C(C)(C)C. The Bertz CT molecular complexity index is 1520. The van der Waals surface area contributed by atoms with Crippen molar-refractivity contribution in [3.8, 4) is 5.75 Å². The molecule has 4 amide bonds. The zero-order valence-corrected chi connectivity index (χ0v) is 27.4. The Morgan fingerprint density at radius 3 is 2.13 bits per heavy atom. The zero-order valence-electron chi connectivity index (χ0n) is 26.5. The van der Waals surface area contributed by atoms with E-state index in [2.05, 4.69) is 45.6 Å². The normalized spacial score (nSPS) is 17.5. The smallest absolute Gasteiger partial charge is 0.333 e. The highest BCUT2D eigenvalue weighted by atomic mass is 32.2. The minimum atomic E-state index is -4.33. The molecule has 246 valence electrons. The summed E-state index contributed by atoms with van der Waals surface area (Å²) in [7, 11) is -4.33. The average molecular weight is 646 g/mol. The van der Waals surface area contributed by atoms with Crippen molar-refractivity contribution in [1.82, 2.24) is 9.80 Å². The van der Waals surface area contributed by atoms with Crippen molar-refractivity contribution >= 4 is 45.2 Å². The molecule has 1 saturated heterocycles. The van der Waals surface area contributed by atoms with Crippen LogP contribution in [0.1, 0.15) is 72.3 Å². The number of fused-ring (bicyclic) bond motifs is 1. The number of carbonyl (C=O) groups excluding carboxylic acids is 3. The minimum absolute atomic E-state index is 0.0511. The van der Waals surface area contributed by atoms with E-state index in [4.69, 9.17) is 14.4 Å². The van der Waals surface area contributed by atoms with E-state index in [-0.39, 0.29) is 36.9 Å². The van der Waals surface area contributed by atoms with E-state index >= 15 is 0 Å². The van der Waals surface area contributed by atoms with Crippen LogP contribution in [-0.4, -0.2) is 83.6 Å². The Kier molecular flexibility index (Phi) is 11.7. The highest BCUT2D eigenvalue weighted by Gasteiger charge is 2.41. The third kappa shape index (κ3) is 9.27. The van der Waals surface area contributed by atoms with Gasteiger partial charge < -0.3 is 14.7 Å². The Labute approximate surface area is 264 Å². The summed E-state index contributed by atoms with van der Waals surface area (Å²) in [6.45, 7) is 11.6. The number of rotatable bonds is 14. The lowest BCUT2D eigenvalue weighted by Gasteiger charge is -2.34. The van der Waals surface area contributed by atoms with Crippen molar-refractivity contribution in [2.75, 3.05) is 36.8 Å². The zero-order chi connectivity index (χ0) is 33.5. The van der Waals surface area contributed by atoms with Crippen molar-refractivity contribution in [3.63, 3.8) is 0 Å². The van der Waals surface area contributed by atoms with Crippen LogP contribution in [0.2, 0.25) is 0 Å². The lowest BCUT2D eigenvalue weighted by molar-refractivity contribution is -0.138. The number of urea groups is 1. The van der Waals surface area contributed by atoms with Gasteiger partial charge in [0.2, 0.25) is 0 Å². The summed E-state index contributed by atoms with van der Waals surface area (Å²) in [5.41, 5.74) is 2.33. The molecule has 0 radical (unpaired) electrons. The van der Waals surface area contributed by atoms with Gasteiger partial charge in [-0.15, -0.1) is 0 Å². The number of carboxylic acid groups (broad SMARTS) is 1. The lowest BCUT2D eigenvalue weighted by Crippen LogP contribution is -2.56. The number of carboxylic acids is 1. The molecule has 1 aromatic carbocycles. The van der Waals surface area contributed by atoms with Crippen molar-refractivity contribution in [3.05, 3.63) is 53.3 Å². The number of unbranched alkanes of at least 4 members (excludes halogenated alkanes) is 2. The van der Waals surface area contributed by atoms with E-state index in [0.717, 1.165) is 39.7 Å². The van der Waals surface area contributed by atoms with E-state index in [1.807, 2.05) is 18.2 Å². The number of barbiturate groups is 1. The molecule has 0 aliphatic carbocycles. The van der Waals surface area contributed by atoms with Gasteiger partial charge in [-0.05, 0) is 74.5 Å². The molecule has 1 fully saturated rings. The Morgan fingerprint density at radius 2 is 1.58 bits per heavy atom. The van der Waals surface area contributed by atoms with Crippen molar-refractivity contribution in [2.24, 2.45) is 5.41 Å². The van der Waals surface area contributed by atoms with Crippen LogP contribution in [-0.2, 0) is 24.5 Å². The molecule has 0 spiro atoms. The van der Waals surface area contributed by atoms with Gasteiger partial charge in [0.25, 0.3) is 21.9 Å². The second-order valence-electron chi connectivity index (χ2n) is 12.0. The van der Waals surface area contributed by atoms with Crippen molar-refractivity contribution in [2.45, 2.75) is 66.7 Å². The highest BCUT2D eigenvalue weighted by Crippen LogP contribution is 2.44. The number of imide groups is 2. The highest BCUT2D eigenvalue weighted by molar-refractivity contribution is 7.85. The minimum Gasteiger partial charge on any atom is -0.481 e. The fourth-order valence-corrected chi connectivity index (χ4v) is 5.71. The van der Waals surface area contributed by atoms with E-state index in [1.54, 1.807) is 0 Å². The van der Waals surface area contributed by atoms with Crippen LogP contribution in [0.5, 0.6) is 5.75 Å². The molecule has 1 aromatic rings. The van der Waals surface area contributed by atoms with Gasteiger partial charge in [-0.3, -0.25) is 28.7 Å². The number of anilines is 1. The topological polar surface area (TPSA) is 162 Å². The molecule has 2 heterocycles. The van der Waals surface area contributed by atoms with E-state index in [9.17, 15) is 27.6 Å². The van der Waals surface area contributed by atoms with Crippen LogP contribution in [0, 0.1) is 5.41 Å². The quantitative estimate of drug-likeness (QED) is 0.123. The predicted octanol–water partition coefficient (Wildman–Crippen LogP) is 4.88. The summed E-state index contributed by atoms with van der Waals surface area (Å²) in [4.78, 5) is 54.7. The van der Waals surface area contributed by atoms with Gasteiger partial charge in [0.15, 0.2) is 0 Å². The van der Waals surface area contributed by atoms with Gasteiger partial charge in [-0.2, -0.15) is 8.42 Å². The number of benzene rings is 1. The number of ether oxygens (including phenoxy) is 1. The summed E-state index contributed by atoms with van der Waals surface area (Å²) in [6, 6.07) is 5.13. The molecule has 3 rings (SSSR count). The standard InChI is InChI=1S/C32H43N3O9S/c1-6-33(7-2)22-13-15-24-26(32(3,4)5)21-23(44-27(24)20-22)14-16-25-29(38)34(17-10-8-9-12-28(36)37)31(40)35(30(25)39)18-11-19-45(41,42)43/h13-16,20-21H,6-12,17-19H2,1-5H3,(H,36,37)(H,41,42,43)/b23-14-,25-16?. The Morgan fingerprint density at radius 1 is 0.956 bits per heavy atom. The van der Waals surface area contributed by atoms with Crippen LogP contribution in [0.15, 0.2) is 47.8 Å². The monoisotopic (exact) mass is 645 g/mol. The number of nitrogens with zero attached hydrogens (tertiary/aromatic N) is 3. The molecule has 0 saturated carbocycles. The summed E-state index contributed by atoms with van der Waals surface area (Å²) in [5, 5.41) is 8.87. The maximum atomic E-state index is 13.4. The number of carbonyl (C=O) groups is 4. The molecular weight excluding hydrogens is 602 g/mol. The average Bonchev–Trinajstić information content (AvgIpc) is 2.95. The summed E-state index contributed by atoms with van der Waals surface area (Å²) in [5.74, 6) is -2.31. The molecule has 2 aliphatic rings. The number of amides is 4. The third-order valence-electron chi connectivity index (χ3n) is 7.59. The fraction of sp³-hybridized carbons (Fsp3) is 0.500. The largest absolute Gasteiger partial charge is 0.481 e. The lowest BCUT2D eigenvalue weighted by atomic mass is 9.80. The van der Waals surface area contributed by atoms with Gasteiger partial charge in [0, 0.05) is 49.9 Å². The van der Waals surface area contributed by atoms with Crippen LogP contribution < -0.4 is 9.64 Å². The first-order valence-electron chi connectivity index (χ1n) is 15.1. The van der Waals surface area contributed by atoms with Crippen LogP contribution in [0.3, 0.4) is 0 Å². The Hall–Kier alpha value is -3.97. The van der Waals surface area contributed by atoms with Crippen LogP contribution >= 0.6 is 0 Å². The first-order valence-corrected chi connectivity index (χ1v) is 16.7. The van der Waals surface area contributed by atoms with Crippen LogP contribution in [0.4, 0.5) is 10.5 Å². The fourth-order valence-electron chi connectivity index (χ4n) is 5.21. The van der Waals surface area contributed by atoms with Gasteiger partial charge in [-0.1, -0.05) is 27.2 Å². The maximum Gasteiger partial charge on any atom is 0.333 e. The van der Waals surface area contributed by atoms with Crippen molar-refractivity contribution < 1.29 is 42.0 Å². The molecule has 2 N–H and O–H groups in total. The number of hydrogen-bond donors (Lipinski definition) is 2. The second kappa shape index (κ2) is 14.9. The predicted molar refractivity (Wildman–Crippen MR) is 170 cm³/mol. The molecule has 0 aromatic heterocycles. The van der Waals surface area contributed by atoms with Gasteiger partial charge in [0.1, 0.15) is 17.1 Å². The molecule has 0 bridgehead atoms. The number of hydrogen-bond acceptors (Lipinski definition) is 8. The summed E-state index contributed by atoms with van der Waals surface area (Å²) in [6.07, 6.45) is 5.49. The maximum absolute atomic E-state index is 13.4.